The molecule has 0 N–H and O–H groups in total. The molecular formula is C126H84N12. The number of pyridine rings is 6. The summed E-state index contributed by atoms with van der Waals surface area (Å²) >= 11 is 0. The highest BCUT2D eigenvalue weighted by molar-refractivity contribution is 6.00. The Bertz CT molecular complexity index is 7050. The van der Waals surface area contributed by atoms with Crippen LogP contribution < -0.4 is 0 Å². The van der Waals surface area contributed by atoms with E-state index in [0.29, 0.717) is 0 Å². The first kappa shape index (κ1) is 84.7. The minimum Gasteiger partial charge on any atom is -0.265 e. The van der Waals surface area contributed by atoms with Crippen LogP contribution >= 0.6 is 0 Å². The van der Waals surface area contributed by atoms with Crippen LogP contribution in [0.5, 0.6) is 0 Å². The molecule has 0 amide bonds. The molecule has 648 valence electrons. The van der Waals surface area contributed by atoms with E-state index in [1.165, 1.54) is 0 Å². The minimum atomic E-state index is 0.831. The molecule has 0 aliphatic carbocycles. The average molecular weight is 1770 g/mol. The van der Waals surface area contributed by atoms with Crippen molar-refractivity contribution >= 4 is 33.1 Å². The Morgan fingerprint density at radius 2 is 0.304 bits per heavy atom. The van der Waals surface area contributed by atoms with Crippen LogP contribution in [0.25, 0.3) is 234 Å². The van der Waals surface area contributed by atoms with Crippen molar-refractivity contribution in [3.8, 4) is 201 Å². The van der Waals surface area contributed by atoms with Gasteiger partial charge in [-0.05, 0) is 208 Å². The molecule has 24 aromatic rings. The summed E-state index contributed by atoms with van der Waals surface area (Å²) in [4.78, 5) is 58.0. The quantitative estimate of drug-likeness (QED) is 0.0803. The van der Waals surface area contributed by atoms with Gasteiger partial charge >= 0.3 is 0 Å². The predicted octanol–water partition coefficient (Wildman–Crippen LogP) is 31.3. The average Bonchev–Trinajstić information content (AvgIpc) is 0.761. The second-order valence-electron chi connectivity index (χ2n) is 33.5. The number of aromatic nitrogens is 12. The van der Waals surface area contributed by atoms with E-state index in [0.717, 1.165) is 234 Å². The number of nitrogens with zero attached hydrogens (tertiary/aromatic N) is 12. The molecule has 9 heterocycles. The molecule has 9 aromatic heterocycles. The van der Waals surface area contributed by atoms with Gasteiger partial charge in [-0.25, -0.2) is 29.9 Å². The molecule has 0 unspecified atom stereocenters. The zero-order chi connectivity index (χ0) is 92.1. The highest BCUT2D eigenvalue weighted by Gasteiger charge is 2.24. The highest BCUT2D eigenvalue weighted by Crippen LogP contribution is 2.45. The molecule has 0 bridgehead atoms. The van der Waals surface area contributed by atoms with E-state index in [9.17, 15) is 0 Å². The van der Waals surface area contributed by atoms with Gasteiger partial charge in [0.15, 0.2) is 0 Å². The molecule has 24 rings (SSSR count). The van der Waals surface area contributed by atoms with Gasteiger partial charge in [0, 0.05) is 106 Å². The van der Waals surface area contributed by atoms with Crippen molar-refractivity contribution < 1.29 is 0 Å². The lowest BCUT2D eigenvalue weighted by atomic mass is 9.93. The van der Waals surface area contributed by atoms with E-state index in [2.05, 4.69) is 370 Å². The van der Waals surface area contributed by atoms with Gasteiger partial charge in [0.1, 0.15) is 0 Å². The maximum Gasteiger partial charge on any atom is 0.0973 e. The van der Waals surface area contributed by atoms with Crippen LogP contribution in [-0.4, -0.2) is 59.8 Å². The molecule has 0 spiro atoms. The van der Waals surface area contributed by atoms with Crippen molar-refractivity contribution in [3.63, 3.8) is 0 Å². The summed E-state index contributed by atoms with van der Waals surface area (Å²) in [5.74, 6) is 0. The van der Waals surface area contributed by atoms with Crippen LogP contribution in [0.1, 0.15) is 0 Å². The molecule has 12 heteroatoms. The molecular weight excluding hydrogens is 1680 g/mol. The fourth-order valence-corrected chi connectivity index (χ4v) is 17.8. The Kier molecular flexibility index (Phi) is 24.2. The second-order valence-corrected chi connectivity index (χ2v) is 33.5. The van der Waals surface area contributed by atoms with Gasteiger partial charge in [-0.1, -0.05) is 352 Å². The second kappa shape index (κ2) is 39.3. The molecule has 0 aliphatic rings. The monoisotopic (exact) mass is 1760 g/mol. The number of rotatable bonds is 18. The maximum absolute atomic E-state index is 5.34. The molecule has 12 nitrogen and oxygen atoms in total. The van der Waals surface area contributed by atoms with Gasteiger partial charge in [-0.15, -0.1) is 0 Å². The van der Waals surface area contributed by atoms with E-state index in [1.54, 1.807) is 12.4 Å². The Balaban J connectivity index is 0.000000119. The van der Waals surface area contributed by atoms with Crippen LogP contribution in [0.2, 0.25) is 0 Å². The van der Waals surface area contributed by atoms with Gasteiger partial charge in [0.25, 0.3) is 0 Å². The van der Waals surface area contributed by atoms with Crippen LogP contribution in [0.3, 0.4) is 0 Å². The van der Waals surface area contributed by atoms with E-state index in [1.807, 2.05) is 159 Å². The third kappa shape index (κ3) is 18.4. The molecule has 0 atom stereocenters. The lowest BCUT2D eigenvalue weighted by Gasteiger charge is -2.15. The van der Waals surface area contributed by atoms with Crippen LogP contribution in [0.15, 0.2) is 511 Å². The SMILES string of the molecule is c1ccc(-c2cc3nc(-c4ccc(-c5ccccn5)cc4)c(-c4ccc(-c5ccccn5)cc4)nc3cc2-c2ccccc2)cc1.c1ccc(-c2cc3nc(-c4ccc(-c5cccnc5)cc4)c(-c4ccc(-c5cccnc5)cc4)nc3cc2-c2ccccc2)cc1.c1ccc(-c2cc3nc(-c4ccc(-c5ccncc5)cc4)c(-c4ccc(-c5ccncc5)cc4)nc3cc2-c2ccccc2)cc1. The zero-order valence-corrected chi connectivity index (χ0v) is 74.9. The normalized spacial score (nSPS) is 11.0. The molecule has 0 aliphatic heterocycles. The summed E-state index contributed by atoms with van der Waals surface area (Å²) in [6.07, 6.45) is 18.3. The van der Waals surface area contributed by atoms with Gasteiger partial charge in [-0.3, -0.25) is 29.9 Å². The van der Waals surface area contributed by atoms with Crippen LogP contribution in [0, 0.1) is 0 Å². The van der Waals surface area contributed by atoms with Gasteiger partial charge in [-0.2, -0.15) is 0 Å². The van der Waals surface area contributed by atoms with E-state index in [-0.39, 0.29) is 0 Å². The number of hydrogen-bond donors (Lipinski definition) is 0. The molecule has 0 radical (unpaired) electrons. The minimum absolute atomic E-state index is 0.831. The van der Waals surface area contributed by atoms with E-state index >= 15 is 0 Å². The first-order valence-corrected chi connectivity index (χ1v) is 45.9. The van der Waals surface area contributed by atoms with Crippen molar-refractivity contribution in [2.75, 3.05) is 0 Å². The summed E-state index contributed by atoms with van der Waals surface area (Å²) in [6.45, 7) is 0. The first-order chi connectivity index (χ1) is 68.4. The Hall–Kier alpha value is -18.8. The number of hydrogen-bond acceptors (Lipinski definition) is 12. The standard InChI is InChI=1S/3C42H28N4/c1-3-11-29(12-4-1)35-27-39-40(28-36(35)30-13-5-2-6-14-30)46-42(34-23-19-32(20-24-34)38-16-8-10-26-44-38)41(45-39)33-21-17-31(18-22-33)37-15-7-9-25-43-37;1-3-9-31(10-4-1)37-25-39-40(26-38(37)32-11-5-2-6-12-32)46-42(34-21-17-30(18-22-34)36-14-8-24-44-28-36)41(45-39)33-19-15-29(16-20-33)35-13-7-23-43-27-35;1-3-7-33(8-4-1)37-27-39-40(28-38(37)34-9-5-2-6-10-34)46-42(36-17-13-30(14-18-36)32-21-25-44-26-22-32)41(45-39)35-15-11-29(12-16-35)31-19-23-43-24-20-31/h3*1-28H. The van der Waals surface area contributed by atoms with Crippen molar-refractivity contribution in [3.05, 3.63) is 511 Å². The predicted molar refractivity (Wildman–Crippen MR) is 563 cm³/mol. The first-order valence-electron chi connectivity index (χ1n) is 45.9. The number of fused-ring (bicyclic) bond motifs is 3. The summed E-state index contributed by atoms with van der Waals surface area (Å²) in [6, 6.07) is 155. The lowest BCUT2D eigenvalue weighted by Crippen LogP contribution is -1.97. The lowest BCUT2D eigenvalue weighted by molar-refractivity contribution is 1.29. The van der Waals surface area contributed by atoms with Crippen LogP contribution in [0.4, 0.5) is 0 Å². The molecule has 15 aromatic carbocycles. The van der Waals surface area contributed by atoms with Crippen molar-refractivity contribution in [2.45, 2.75) is 0 Å². The van der Waals surface area contributed by atoms with E-state index in [4.69, 9.17) is 29.9 Å². The third-order valence-electron chi connectivity index (χ3n) is 24.8. The molecule has 0 saturated carbocycles. The van der Waals surface area contributed by atoms with Crippen molar-refractivity contribution in [2.24, 2.45) is 0 Å². The molecule has 0 fully saturated rings. The number of benzene rings is 15. The summed E-state index contributed by atoms with van der Waals surface area (Å²) in [5, 5.41) is 0. The maximum atomic E-state index is 5.34. The fraction of sp³-hybridized carbons (Fsp3) is 0. The van der Waals surface area contributed by atoms with Crippen molar-refractivity contribution in [1.82, 2.24) is 59.8 Å². The molecule has 138 heavy (non-hydrogen) atoms. The van der Waals surface area contributed by atoms with Gasteiger partial charge in [0.05, 0.1) is 78.7 Å². The fourth-order valence-electron chi connectivity index (χ4n) is 17.8. The Labute approximate surface area is 799 Å². The van der Waals surface area contributed by atoms with Gasteiger partial charge < -0.3 is 0 Å². The van der Waals surface area contributed by atoms with Gasteiger partial charge in [0.2, 0.25) is 0 Å². The zero-order valence-electron chi connectivity index (χ0n) is 74.9. The van der Waals surface area contributed by atoms with Crippen molar-refractivity contribution in [1.29, 1.82) is 0 Å². The molecule has 0 saturated heterocycles. The summed E-state index contributed by atoms with van der Waals surface area (Å²) in [5.41, 5.74) is 42.5. The highest BCUT2D eigenvalue weighted by atomic mass is 14.9. The Morgan fingerprint density at radius 3 is 0.507 bits per heavy atom. The smallest absolute Gasteiger partial charge is 0.0973 e. The Morgan fingerprint density at radius 1 is 0.116 bits per heavy atom. The van der Waals surface area contributed by atoms with Crippen LogP contribution in [-0.2, 0) is 0 Å². The summed E-state index contributed by atoms with van der Waals surface area (Å²) in [7, 11) is 0. The topological polar surface area (TPSA) is 155 Å². The summed E-state index contributed by atoms with van der Waals surface area (Å²) < 4.78 is 0. The third-order valence-corrected chi connectivity index (χ3v) is 24.8. The van der Waals surface area contributed by atoms with E-state index < -0.39 is 0 Å². The largest absolute Gasteiger partial charge is 0.265 e.